The largest absolute Gasteiger partial charge is 0.350 e. The Balaban J connectivity index is 1.39. The number of hydrogen-bond donors (Lipinski definition) is 0. The zero-order valence-corrected chi connectivity index (χ0v) is 23.3. The number of carbonyl (C=O) groups is 1. The van der Waals surface area contributed by atoms with Crippen LogP contribution < -0.4 is 5.43 Å². The van der Waals surface area contributed by atoms with Gasteiger partial charge in [-0.3, -0.25) is 9.59 Å². The fourth-order valence-electron chi connectivity index (χ4n) is 6.19. The summed E-state index contributed by atoms with van der Waals surface area (Å²) in [6.07, 6.45) is 5.37. The van der Waals surface area contributed by atoms with Crippen LogP contribution in [0.25, 0.3) is 10.9 Å². The maximum absolute atomic E-state index is 13.6. The lowest BCUT2D eigenvalue weighted by atomic mass is 9.90. The first-order valence-corrected chi connectivity index (χ1v) is 15.0. The topological polar surface area (TPSA) is 79.7 Å². The van der Waals surface area contributed by atoms with Gasteiger partial charge in [0.2, 0.25) is 15.5 Å². The molecule has 1 aromatic heterocycles. The van der Waals surface area contributed by atoms with E-state index >= 15 is 0 Å². The first kappa shape index (κ1) is 26.6. The van der Waals surface area contributed by atoms with Crippen LogP contribution in [0, 0.1) is 17.8 Å². The summed E-state index contributed by atoms with van der Waals surface area (Å²) in [7, 11) is -1.96. The zero-order valence-electron chi connectivity index (χ0n) is 22.5. The van der Waals surface area contributed by atoms with Crippen LogP contribution >= 0.6 is 0 Å². The van der Waals surface area contributed by atoms with Gasteiger partial charge < -0.3 is 9.47 Å². The average molecular weight is 536 g/mol. The van der Waals surface area contributed by atoms with Crippen molar-refractivity contribution in [3.63, 3.8) is 0 Å². The van der Waals surface area contributed by atoms with E-state index in [-0.39, 0.29) is 33.6 Å². The van der Waals surface area contributed by atoms with Crippen molar-refractivity contribution < 1.29 is 13.2 Å². The summed E-state index contributed by atoms with van der Waals surface area (Å²) in [5.41, 5.74) is 1.59. The van der Waals surface area contributed by atoms with E-state index in [1.807, 2.05) is 18.2 Å². The van der Waals surface area contributed by atoms with Gasteiger partial charge in [-0.2, -0.15) is 4.31 Å². The number of pyridine rings is 1. The van der Waals surface area contributed by atoms with Gasteiger partial charge in [0.25, 0.3) is 5.91 Å². The van der Waals surface area contributed by atoms with Crippen molar-refractivity contribution in [2.24, 2.45) is 24.8 Å². The normalized spacial score (nSPS) is 21.6. The van der Waals surface area contributed by atoms with Gasteiger partial charge in [-0.15, -0.1) is 0 Å². The molecule has 3 heterocycles. The molecule has 2 unspecified atom stereocenters. The number of sulfonamides is 1. The number of benzene rings is 2. The number of aromatic nitrogens is 1. The van der Waals surface area contributed by atoms with E-state index < -0.39 is 15.5 Å². The Morgan fingerprint density at radius 2 is 1.63 bits per heavy atom. The van der Waals surface area contributed by atoms with E-state index in [0.717, 1.165) is 25.7 Å². The highest BCUT2D eigenvalue weighted by Gasteiger charge is 2.32. The molecule has 0 radical (unpaired) electrons. The fourth-order valence-corrected chi connectivity index (χ4v) is 7.90. The lowest BCUT2D eigenvalue weighted by Crippen LogP contribution is -2.42. The highest BCUT2D eigenvalue weighted by Crippen LogP contribution is 2.28. The number of fused-ring (bicyclic) bond motifs is 1. The molecule has 1 amide bonds. The van der Waals surface area contributed by atoms with Crippen LogP contribution in [0.2, 0.25) is 0 Å². The first-order valence-electron chi connectivity index (χ1n) is 13.6. The number of carbonyl (C=O) groups excluding carboxylic acids is 1. The van der Waals surface area contributed by atoms with Crippen LogP contribution in [0.1, 0.15) is 49.0 Å². The molecule has 2 atom stereocenters. The summed E-state index contributed by atoms with van der Waals surface area (Å²) < 4.78 is 30.3. The number of piperidine rings is 2. The molecule has 3 aromatic rings. The average Bonchev–Trinajstić information content (AvgIpc) is 2.90. The second-order valence-corrected chi connectivity index (χ2v) is 13.3. The fraction of sp³-hybridized carbons (Fsp3) is 0.467. The smallest absolute Gasteiger partial charge is 0.259 e. The minimum absolute atomic E-state index is 0.0938. The Bertz CT molecular complexity index is 1480. The molecule has 2 aliphatic heterocycles. The molecule has 0 aliphatic carbocycles. The Morgan fingerprint density at radius 3 is 2.29 bits per heavy atom. The van der Waals surface area contributed by atoms with Gasteiger partial charge in [-0.25, -0.2) is 8.42 Å². The molecule has 38 heavy (non-hydrogen) atoms. The standard InChI is InChI=1S/C30H37N3O4S/c1-21-15-22(2)19-33(18-21)38(36,37)25-9-10-28-26(17-25)29(34)27(20-31(28)3)30(35)32-13-11-24(12-14-32)16-23-7-5-4-6-8-23/h4-10,17,20-22,24H,11-16,18-19H2,1-3H3. The molecule has 2 saturated heterocycles. The van der Waals surface area contributed by atoms with Crippen LogP contribution in [0.4, 0.5) is 0 Å². The molecule has 0 saturated carbocycles. The van der Waals surface area contributed by atoms with Crippen molar-refractivity contribution in [1.82, 2.24) is 13.8 Å². The van der Waals surface area contributed by atoms with Gasteiger partial charge in [0.1, 0.15) is 5.56 Å². The van der Waals surface area contributed by atoms with E-state index in [9.17, 15) is 18.0 Å². The van der Waals surface area contributed by atoms with E-state index in [1.54, 1.807) is 34.8 Å². The lowest BCUT2D eigenvalue weighted by Gasteiger charge is -2.34. The summed E-state index contributed by atoms with van der Waals surface area (Å²) in [4.78, 5) is 28.9. The molecule has 0 spiro atoms. The number of amides is 1. The number of nitrogens with zero attached hydrogens (tertiary/aromatic N) is 3. The zero-order chi connectivity index (χ0) is 27.0. The van der Waals surface area contributed by atoms with Gasteiger partial charge in [0.05, 0.1) is 10.4 Å². The van der Waals surface area contributed by atoms with Crippen LogP contribution in [-0.2, 0) is 23.5 Å². The summed E-state index contributed by atoms with van der Waals surface area (Å²) in [6.45, 7) is 6.30. The third-order valence-corrected chi connectivity index (χ3v) is 9.96. The lowest BCUT2D eigenvalue weighted by molar-refractivity contribution is 0.0688. The highest BCUT2D eigenvalue weighted by molar-refractivity contribution is 7.89. The van der Waals surface area contributed by atoms with Gasteiger partial charge in [0, 0.05) is 44.8 Å². The van der Waals surface area contributed by atoms with E-state index in [0.29, 0.717) is 37.6 Å². The van der Waals surface area contributed by atoms with Crippen LogP contribution in [0.15, 0.2) is 64.4 Å². The second kappa shape index (κ2) is 10.7. The highest BCUT2D eigenvalue weighted by atomic mass is 32.2. The van der Waals surface area contributed by atoms with Crippen LogP contribution in [0.3, 0.4) is 0 Å². The summed E-state index contributed by atoms with van der Waals surface area (Å²) in [5.74, 6) is 0.789. The molecule has 2 aromatic carbocycles. The van der Waals surface area contributed by atoms with Crippen molar-refractivity contribution in [3.05, 3.63) is 76.1 Å². The minimum atomic E-state index is -3.74. The molecule has 202 valence electrons. The predicted octanol–water partition coefficient (Wildman–Crippen LogP) is 4.30. The van der Waals surface area contributed by atoms with Crippen molar-refractivity contribution in [1.29, 1.82) is 0 Å². The third kappa shape index (κ3) is 5.29. The Morgan fingerprint density at radius 1 is 0.974 bits per heavy atom. The molecular weight excluding hydrogens is 498 g/mol. The van der Waals surface area contributed by atoms with Gasteiger partial charge in [-0.1, -0.05) is 44.2 Å². The van der Waals surface area contributed by atoms with E-state index in [4.69, 9.17) is 0 Å². The van der Waals surface area contributed by atoms with Gasteiger partial charge >= 0.3 is 0 Å². The first-order chi connectivity index (χ1) is 18.1. The monoisotopic (exact) mass is 535 g/mol. The molecule has 2 fully saturated rings. The maximum atomic E-state index is 13.6. The van der Waals surface area contributed by atoms with Crippen LogP contribution in [-0.4, -0.2) is 54.3 Å². The Hall–Kier alpha value is -2.97. The summed E-state index contributed by atoms with van der Waals surface area (Å²) in [5, 5.41) is 0.261. The second-order valence-electron chi connectivity index (χ2n) is 11.4. The van der Waals surface area contributed by atoms with Crippen molar-refractivity contribution in [2.45, 2.75) is 44.4 Å². The van der Waals surface area contributed by atoms with E-state index in [2.05, 4.69) is 26.0 Å². The Labute approximate surface area is 225 Å². The molecule has 5 rings (SSSR count). The van der Waals surface area contributed by atoms with Crippen molar-refractivity contribution in [2.75, 3.05) is 26.2 Å². The third-order valence-electron chi connectivity index (χ3n) is 8.13. The van der Waals surface area contributed by atoms with Gasteiger partial charge in [-0.05, 0) is 67.2 Å². The number of aryl methyl sites for hydroxylation is 1. The number of likely N-dealkylation sites (tertiary alicyclic amines) is 1. The van der Waals surface area contributed by atoms with Crippen molar-refractivity contribution >= 4 is 26.8 Å². The minimum Gasteiger partial charge on any atom is -0.350 e. The summed E-state index contributed by atoms with van der Waals surface area (Å²) in [6, 6.07) is 15.1. The summed E-state index contributed by atoms with van der Waals surface area (Å²) >= 11 is 0. The molecule has 8 heteroatoms. The quantitative estimate of drug-likeness (QED) is 0.488. The molecule has 2 aliphatic rings. The SMILES string of the molecule is CC1CC(C)CN(S(=O)(=O)c2ccc3c(c2)c(=O)c(C(=O)N2CCC(Cc4ccccc4)CC2)cn3C)C1. The predicted molar refractivity (Wildman–Crippen MR) is 150 cm³/mol. The van der Waals surface area contributed by atoms with Crippen molar-refractivity contribution in [3.8, 4) is 0 Å². The molecule has 0 bridgehead atoms. The number of hydrogen-bond acceptors (Lipinski definition) is 4. The van der Waals surface area contributed by atoms with E-state index in [1.165, 1.54) is 15.9 Å². The molecule has 7 nitrogen and oxygen atoms in total. The number of rotatable bonds is 5. The molecule has 0 N–H and O–H groups in total. The maximum Gasteiger partial charge on any atom is 0.259 e. The Kier molecular flexibility index (Phi) is 7.47. The van der Waals surface area contributed by atoms with Crippen LogP contribution in [0.5, 0.6) is 0 Å². The van der Waals surface area contributed by atoms with Gasteiger partial charge in [0.15, 0.2) is 0 Å². The molecular formula is C30H37N3O4S.